The van der Waals surface area contributed by atoms with Crippen molar-refractivity contribution in [1.29, 1.82) is 5.26 Å². The molecular formula is C15H19N3O2. The van der Waals surface area contributed by atoms with Gasteiger partial charge in [0.1, 0.15) is 17.4 Å². The van der Waals surface area contributed by atoms with Crippen molar-refractivity contribution in [3.05, 3.63) is 36.0 Å². The molecule has 1 unspecified atom stereocenters. The molecule has 0 aliphatic carbocycles. The minimum absolute atomic E-state index is 0.0353. The van der Waals surface area contributed by atoms with E-state index in [0.717, 1.165) is 12.1 Å². The van der Waals surface area contributed by atoms with Crippen LogP contribution >= 0.6 is 0 Å². The van der Waals surface area contributed by atoms with Gasteiger partial charge in [-0.2, -0.15) is 5.26 Å². The highest BCUT2D eigenvalue weighted by Gasteiger charge is 2.10. The summed E-state index contributed by atoms with van der Waals surface area (Å²) in [5, 5.41) is 14.7. The molecule has 0 aliphatic heterocycles. The van der Waals surface area contributed by atoms with Gasteiger partial charge >= 0.3 is 0 Å². The summed E-state index contributed by atoms with van der Waals surface area (Å²) in [6.07, 6.45) is 2.21. The number of hydrogen-bond donors (Lipinski definition) is 2. The molecule has 5 nitrogen and oxygen atoms in total. The number of nitrogens with one attached hydrogen (secondary N) is 2. The molecule has 0 aliphatic rings. The fourth-order valence-corrected chi connectivity index (χ4v) is 1.42. The number of rotatable bonds is 6. The molecule has 0 spiro atoms. The largest absolute Gasteiger partial charge is 0.497 e. The summed E-state index contributed by atoms with van der Waals surface area (Å²) in [5.41, 5.74) is 0.779. The first kappa shape index (κ1) is 15.6. The lowest BCUT2D eigenvalue weighted by Gasteiger charge is -2.10. The quantitative estimate of drug-likeness (QED) is 0.616. The highest BCUT2D eigenvalue weighted by Crippen LogP contribution is 2.16. The minimum Gasteiger partial charge on any atom is -0.497 e. The Morgan fingerprint density at radius 3 is 2.90 bits per heavy atom. The van der Waals surface area contributed by atoms with Crippen LogP contribution in [0.1, 0.15) is 20.3 Å². The third-order valence-corrected chi connectivity index (χ3v) is 2.81. The Bertz CT molecular complexity index is 532. The lowest BCUT2D eigenvalue weighted by atomic mass is 10.2. The van der Waals surface area contributed by atoms with Gasteiger partial charge in [-0.1, -0.05) is 13.0 Å². The molecular weight excluding hydrogens is 254 g/mol. The van der Waals surface area contributed by atoms with Crippen LogP contribution in [-0.2, 0) is 4.79 Å². The van der Waals surface area contributed by atoms with E-state index in [2.05, 4.69) is 10.6 Å². The SMILES string of the molecule is CCC(C)NC(=O)/C(C#N)=C\Nc1cccc(OC)c1. The number of anilines is 1. The van der Waals surface area contributed by atoms with Crippen LogP contribution in [0.5, 0.6) is 5.75 Å². The predicted octanol–water partition coefficient (Wildman–Crippen LogP) is 2.43. The van der Waals surface area contributed by atoms with Gasteiger partial charge in [-0.3, -0.25) is 4.79 Å². The molecule has 0 saturated carbocycles. The summed E-state index contributed by atoms with van der Waals surface area (Å²) < 4.78 is 5.10. The molecule has 1 amide bonds. The maximum atomic E-state index is 11.8. The topological polar surface area (TPSA) is 74.2 Å². The number of nitrogens with zero attached hydrogens (tertiary/aromatic N) is 1. The van der Waals surface area contributed by atoms with Gasteiger partial charge in [-0.15, -0.1) is 0 Å². The second-order valence-corrected chi connectivity index (χ2v) is 4.33. The van der Waals surface area contributed by atoms with Crippen molar-refractivity contribution in [3.8, 4) is 11.8 Å². The van der Waals surface area contributed by atoms with Crippen LogP contribution in [-0.4, -0.2) is 19.1 Å². The first-order chi connectivity index (χ1) is 9.60. The molecule has 1 aromatic carbocycles. The van der Waals surface area contributed by atoms with Crippen molar-refractivity contribution in [2.24, 2.45) is 0 Å². The summed E-state index contributed by atoms with van der Waals surface area (Å²) in [4.78, 5) is 11.8. The second-order valence-electron chi connectivity index (χ2n) is 4.33. The van der Waals surface area contributed by atoms with E-state index in [9.17, 15) is 4.79 Å². The first-order valence-corrected chi connectivity index (χ1v) is 6.42. The van der Waals surface area contributed by atoms with Gasteiger partial charge in [0.05, 0.1) is 7.11 Å². The van der Waals surface area contributed by atoms with E-state index in [0.29, 0.717) is 5.75 Å². The standard InChI is InChI=1S/C15H19N3O2/c1-4-11(2)18-15(19)12(9-16)10-17-13-6-5-7-14(8-13)20-3/h5-8,10-11,17H,4H2,1-3H3,(H,18,19)/b12-10-. The summed E-state index contributed by atoms with van der Waals surface area (Å²) >= 11 is 0. The van der Waals surface area contributed by atoms with Crippen LogP contribution in [0.15, 0.2) is 36.0 Å². The minimum atomic E-state index is -0.378. The number of carbonyl (C=O) groups is 1. The normalized spacial score (nSPS) is 12.2. The number of carbonyl (C=O) groups excluding carboxylic acids is 1. The highest BCUT2D eigenvalue weighted by molar-refractivity contribution is 5.97. The second kappa shape index (κ2) is 7.85. The van der Waals surface area contributed by atoms with Gasteiger partial charge in [0.25, 0.3) is 5.91 Å². The molecule has 0 saturated heterocycles. The van der Waals surface area contributed by atoms with Crippen LogP contribution in [0.2, 0.25) is 0 Å². The number of methoxy groups -OCH3 is 1. The summed E-state index contributed by atoms with van der Waals surface area (Å²) in [5.74, 6) is 0.322. The molecule has 1 rings (SSSR count). The van der Waals surface area contributed by atoms with Gasteiger partial charge in [0.2, 0.25) is 0 Å². The Morgan fingerprint density at radius 2 is 2.30 bits per heavy atom. The molecule has 1 aromatic rings. The number of amides is 1. The van der Waals surface area contributed by atoms with Crippen LogP contribution in [0, 0.1) is 11.3 Å². The van der Waals surface area contributed by atoms with Gasteiger partial charge in [-0.25, -0.2) is 0 Å². The van der Waals surface area contributed by atoms with E-state index >= 15 is 0 Å². The van der Waals surface area contributed by atoms with E-state index < -0.39 is 0 Å². The third-order valence-electron chi connectivity index (χ3n) is 2.81. The monoisotopic (exact) mass is 273 g/mol. The smallest absolute Gasteiger partial charge is 0.263 e. The molecule has 0 fully saturated rings. The maximum absolute atomic E-state index is 11.8. The van der Waals surface area contributed by atoms with E-state index in [1.807, 2.05) is 38.1 Å². The van der Waals surface area contributed by atoms with Crippen LogP contribution in [0.4, 0.5) is 5.69 Å². The Kier molecular flexibility index (Phi) is 6.11. The van der Waals surface area contributed by atoms with Crippen molar-refractivity contribution in [1.82, 2.24) is 5.32 Å². The Balaban J connectivity index is 2.75. The molecule has 0 heterocycles. The molecule has 1 atom stereocenters. The number of nitriles is 1. The summed E-state index contributed by atoms with van der Waals surface area (Å²) in [6, 6.07) is 9.15. The molecule has 20 heavy (non-hydrogen) atoms. The van der Waals surface area contributed by atoms with Gasteiger partial charge in [0.15, 0.2) is 0 Å². The van der Waals surface area contributed by atoms with Gasteiger partial charge in [0, 0.05) is 24.0 Å². The lowest BCUT2D eigenvalue weighted by molar-refractivity contribution is -0.117. The lowest BCUT2D eigenvalue weighted by Crippen LogP contribution is -2.33. The average Bonchev–Trinajstić information content (AvgIpc) is 2.47. The summed E-state index contributed by atoms with van der Waals surface area (Å²) in [6.45, 7) is 3.86. The van der Waals surface area contributed by atoms with E-state index in [4.69, 9.17) is 10.00 Å². The maximum Gasteiger partial charge on any atom is 0.263 e. The summed E-state index contributed by atoms with van der Waals surface area (Å²) in [7, 11) is 1.58. The Morgan fingerprint density at radius 1 is 1.55 bits per heavy atom. The van der Waals surface area contributed by atoms with Crippen molar-refractivity contribution < 1.29 is 9.53 Å². The average molecular weight is 273 g/mol. The highest BCUT2D eigenvalue weighted by atomic mass is 16.5. The van der Waals surface area contributed by atoms with E-state index in [-0.39, 0.29) is 17.5 Å². The zero-order valence-corrected chi connectivity index (χ0v) is 11.9. The van der Waals surface area contributed by atoms with Crippen LogP contribution in [0.25, 0.3) is 0 Å². The zero-order valence-electron chi connectivity index (χ0n) is 11.9. The Hall–Kier alpha value is -2.48. The van der Waals surface area contributed by atoms with Gasteiger partial charge in [-0.05, 0) is 25.5 Å². The third kappa shape index (κ3) is 4.65. The fourth-order valence-electron chi connectivity index (χ4n) is 1.42. The van der Waals surface area contributed by atoms with Crippen molar-refractivity contribution in [2.45, 2.75) is 26.3 Å². The van der Waals surface area contributed by atoms with Crippen molar-refractivity contribution in [2.75, 3.05) is 12.4 Å². The number of benzene rings is 1. The number of ether oxygens (including phenoxy) is 1. The molecule has 5 heteroatoms. The van der Waals surface area contributed by atoms with E-state index in [1.165, 1.54) is 6.20 Å². The Labute approximate surface area is 119 Å². The molecule has 0 bridgehead atoms. The van der Waals surface area contributed by atoms with E-state index in [1.54, 1.807) is 13.2 Å². The molecule has 2 N–H and O–H groups in total. The van der Waals surface area contributed by atoms with Crippen molar-refractivity contribution >= 4 is 11.6 Å². The van der Waals surface area contributed by atoms with Crippen molar-refractivity contribution in [3.63, 3.8) is 0 Å². The van der Waals surface area contributed by atoms with Crippen LogP contribution in [0.3, 0.4) is 0 Å². The zero-order chi connectivity index (χ0) is 15.0. The fraction of sp³-hybridized carbons (Fsp3) is 0.333. The molecule has 0 radical (unpaired) electrons. The molecule has 0 aromatic heterocycles. The predicted molar refractivity (Wildman–Crippen MR) is 78.2 cm³/mol. The molecule has 106 valence electrons. The van der Waals surface area contributed by atoms with Gasteiger partial charge < -0.3 is 15.4 Å². The first-order valence-electron chi connectivity index (χ1n) is 6.42. The van der Waals surface area contributed by atoms with Crippen LogP contribution < -0.4 is 15.4 Å². The number of hydrogen-bond acceptors (Lipinski definition) is 4.